The summed E-state index contributed by atoms with van der Waals surface area (Å²) in [5, 5.41) is 6.61. The average molecular weight is 381 g/mol. The van der Waals surface area contributed by atoms with Gasteiger partial charge in [-0.25, -0.2) is 9.78 Å². The Balaban J connectivity index is 1.53. The van der Waals surface area contributed by atoms with E-state index in [1.165, 1.54) is 17.4 Å². The lowest BCUT2D eigenvalue weighted by atomic mass is 10.2. The third-order valence-electron chi connectivity index (χ3n) is 3.63. The number of fused-ring (bicyclic) bond motifs is 2. The van der Waals surface area contributed by atoms with Crippen LogP contribution >= 0.6 is 23.6 Å². The van der Waals surface area contributed by atoms with Crippen LogP contribution in [0.2, 0.25) is 0 Å². The molecule has 0 spiro atoms. The first kappa shape index (κ1) is 16.4. The van der Waals surface area contributed by atoms with Crippen molar-refractivity contribution in [3.8, 4) is 0 Å². The number of hydrogen-bond acceptors (Lipinski definition) is 6. The maximum Gasteiger partial charge on any atom is 0.349 e. The molecule has 0 aliphatic carbocycles. The van der Waals surface area contributed by atoms with Gasteiger partial charge in [-0.2, -0.15) is 0 Å². The summed E-state index contributed by atoms with van der Waals surface area (Å²) in [6, 6.07) is 16.1. The minimum Gasteiger partial charge on any atom is -0.422 e. The second-order valence-corrected chi connectivity index (χ2v) is 6.82. The van der Waals surface area contributed by atoms with Crippen LogP contribution in [-0.2, 0) is 0 Å². The van der Waals surface area contributed by atoms with Gasteiger partial charge in [0, 0.05) is 5.39 Å². The van der Waals surface area contributed by atoms with Crippen LogP contribution in [0.5, 0.6) is 0 Å². The van der Waals surface area contributed by atoms with E-state index in [4.69, 9.17) is 16.6 Å². The van der Waals surface area contributed by atoms with Gasteiger partial charge in [0.25, 0.3) is 5.91 Å². The number of benzene rings is 2. The fourth-order valence-electron chi connectivity index (χ4n) is 2.44. The molecule has 2 heterocycles. The molecule has 2 aromatic heterocycles. The molecule has 0 saturated heterocycles. The number of thiocarbonyl (C=S) groups is 1. The first-order valence-electron chi connectivity index (χ1n) is 7.61. The van der Waals surface area contributed by atoms with Gasteiger partial charge in [-0.3, -0.25) is 10.1 Å². The molecule has 6 nitrogen and oxygen atoms in total. The van der Waals surface area contributed by atoms with Gasteiger partial charge in [-0.05, 0) is 36.5 Å². The van der Waals surface area contributed by atoms with Gasteiger partial charge in [-0.1, -0.05) is 41.7 Å². The molecule has 4 aromatic rings. The van der Waals surface area contributed by atoms with Crippen molar-refractivity contribution in [3.63, 3.8) is 0 Å². The molecular weight excluding hydrogens is 370 g/mol. The highest BCUT2D eigenvalue weighted by atomic mass is 32.1. The van der Waals surface area contributed by atoms with Crippen molar-refractivity contribution in [2.24, 2.45) is 0 Å². The molecule has 0 fully saturated rings. The lowest BCUT2D eigenvalue weighted by Gasteiger charge is -2.07. The van der Waals surface area contributed by atoms with Crippen molar-refractivity contribution in [3.05, 3.63) is 70.6 Å². The lowest BCUT2D eigenvalue weighted by molar-refractivity contribution is 0.0974. The Morgan fingerprint density at radius 3 is 2.73 bits per heavy atom. The Morgan fingerprint density at radius 2 is 1.88 bits per heavy atom. The smallest absolute Gasteiger partial charge is 0.349 e. The van der Waals surface area contributed by atoms with E-state index in [0.29, 0.717) is 16.1 Å². The van der Waals surface area contributed by atoms with E-state index < -0.39 is 11.5 Å². The molecule has 0 bridgehead atoms. The number of aromatic nitrogens is 1. The van der Waals surface area contributed by atoms with E-state index in [2.05, 4.69) is 15.6 Å². The van der Waals surface area contributed by atoms with Crippen molar-refractivity contribution < 1.29 is 9.21 Å². The summed E-state index contributed by atoms with van der Waals surface area (Å²) in [5.41, 5.74) is 0.426. The number of nitrogens with zero attached hydrogens (tertiary/aromatic N) is 1. The molecule has 0 saturated carbocycles. The number of amides is 1. The highest BCUT2D eigenvalue weighted by molar-refractivity contribution is 7.80. The van der Waals surface area contributed by atoms with Gasteiger partial charge in [0.1, 0.15) is 11.1 Å². The molecule has 0 atom stereocenters. The van der Waals surface area contributed by atoms with Gasteiger partial charge < -0.3 is 9.73 Å². The van der Waals surface area contributed by atoms with Gasteiger partial charge in [0.15, 0.2) is 10.2 Å². The Hall–Kier alpha value is -3.10. The number of anilines is 1. The highest BCUT2D eigenvalue weighted by Gasteiger charge is 2.15. The summed E-state index contributed by atoms with van der Waals surface area (Å²) in [6.45, 7) is 0. The van der Waals surface area contributed by atoms with E-state index in [0.717, 1.165) is 10.2 Å². The summed E-state index contributed by atoms with van der Waals surface area (Å²) in [4.78, 5) is 28.8. The topological polar surface area (TPSA) is 84.2 Å². The molecule has 2 aromatic carbocycles. The van der Waals surface area contributed by atoms with Crippen LogP contribution < -0.4 is 16.3 Å². The normalized spacial score (nSPS) is 10.8. The standard InChI is InChI=1S/C18H11N3O3S2/c22-15(11-9-10-5-1-3-7-13(10)24-16(11)23)20-17(25)21-18-19-12-6-2-4-8-14(12)26-18/h1-9H,(H2,19,20,21,22,25). The molecule has 0 aliphatic heterocycles. The SMILES string of the molecule is O=C(NC(=S)Nc1nc2ccccc2s1)c1cc2ccccc2oc1=O. The molecule has 0 unspecified atom stereocenters. The second-order valence-electron chi connectivity index (χ2n) is 5.38. The molecule has 0 aliphatic rings. The number of carbonyl (C=O) groups excluding carboxylic acids is 1. The molecule has 128 valence electrons. The zero-order valence-corrected chi connectivity index (χ0v) is 14.8. The third-order valence-corrected chi connectivity index (χ3v) is 4.78. The van der Waals surface area contributed by atoms with E-state index in [9.17, 15) is 9.59 Å². The van der Waals surface area contributed by atoms with Crippen LogP contribution in [0.25, 0.3) is 21.2 Å². The van der Waals surface area contributed by atoms with Crippen LogP contribution in [0.15, 0.2) is 63.8 Å². The zero-order valence-electron chi connectivity index (χ0n) is 13.2. The minimum atomic E-state index is -0.719. The van der Waals surface area contributed by atoms with Crippen molar-refractivity contribution >= 4 is 60.9 Å². The Bertz CT molecular complexity index is 1180. The molecule has 1 amide bonds. The summed E-state index contributed by atoms with van der Waals surface area (Å²) in [5.74, 6) is -0.636. The first-order valence-corrected chi connectivity index (χ1v) is 8.83. The van der Waals surface area contributed by atoms with E-state index in [1.807, 2.05) is 24.3 Å². The van der Waals surface area contributed by atoms with E-state index >= 15 is 0 Å². The minimum absolute atomic E-state index is 0.0571. The lowest BCUT2D eigenvalue weighted by Crippen LogP contribution is -2.36. The van der Waals surface area contributed by atoms with Gasteiger partial charge >= 0.3 is 5.63 Å². The van der Waals surface area contributed by atoms with Gasteiger partial charge in [0.2, 0.25) is 0 Å². The monoisotopic (exact) mass is 381 g/mol. The first-order chi connectivity index (χ1) is 12.6. The Morgan fingerprint density at radius 1 is 1.12 bits per heavy atom. The average Bonchev–Trinajstić information content (AvgIpc) is 3.02. The molecule has 4 rings (SSSR count). The zero-order chi connectivity index (χ0) is 18.1. The summed E-state index contributed by atoms with van der Waals surface area (Å²) in [7, 11) is 0. The second kappa shape index (κ2) is 6.66. The molecule has 8 heteroatoms. The Labute approximate surface area is 156 Å². The fraction of sp³-hybridized carbons (Fsp3) is 0. The predicted octanol–water partition coefficient (Wildman–Crippen LogP) is 3.53. The van der Waals surface area contributed by atoms with Crippen molar-refractivity contribution in [1.82, 2.24) is 10.3 Å². The largest absolute Gasteiger partial charge is 0.422 e. The Kier molecular flexibility index (Phi) is 4.19. The molecule has 2 N–H and O–H groups in total. The number of carbonyl (C=O) groups is 1. The number of nitrogens with one attached hydrogen (secondary N) is 2. The van der Waals surface area contributed by atoms with Crippen LogP contribution in [0, 0.1) is 0 Å². The van der Waals surface area contributed by atoms with Crippen molar-refractivity contribution in [2.75, 3.05) is 5.32 Å². The summed E-state index contributed by atoms with van der Waals surface area (Å²) >= 11 is 6.56. The number of para-hydroxylation sites is 2. The quantitative estimate of drug-likeness (QED) is 0.408. The van der Waals surface area contributed by atoms with E-state index in [1.54, 1.807) is 24.3 Å². The van der Waals surface area contributed by atoms with Gasteiger partial charge in [-0.15, -0.1) is 0 Å². The van der Waals surface area contributed by atoms with Crippen molar-refractivity contribution in [2.45, 2.75) is 0 Å². The molecule has 26 heavy (non-hydrogen) atoms. The van der Waals surface area contributed by atoms with E-state index in [-0.39, 0.29) is 10.7 Å². The van der Waals surface area contributed by atoms with Crippen LogP contribution in [0.3, 0.4) is 0 Å². The van der Waals surface area contributed by atoms with Crippen molar-refractivity contribution in [1.29, 1.82) is 0 Å². The number of rotatable bonds is 2. The number of hydrogen-bond donors (Lipinski definition) is 2. The predicted molar refractivity (Wildman–Crippen MR) is 106 cm³/mol. The fourth-order valence-corrected chi connectivity index (χ4v) is 3.57. The molecular formula is C18H11N3O3S2. The summed E-state index contributed by atoms with van der Waals surface area (Å²) < 4.78 is 6.16. The van der Waals surface area contributed by atoms with Crippen LogP contribution in [-0.4, -0.2) is 16.0 Å². The number of thiazole rings is 1. The summed E-state index contributed by atoms with van der Waals surface area (Å²) in [6.07, 6.45) is 0. The van der Waals surface area contributed by atoms with Crippen LogP contribution in [0.1, 0.15) is 10.4 Å². The van der Waals surface area contributed by atoms with Crippen LogP contribution in [0.4, 0.5) is 5.13 Å². The third kappa shape index (κ3) is 3.19. The molecule has 0 radical (unpaired) electrons. The maximum absolute atomic E-state index is 12.4. The van der Waals surface area contributed by atoms with Gasteiger partial charge in [0.05, 0.1) is 10.2 Å². The maximum atomic E-state index is 12.4. The highest BCUT2D eigenvalue weighted by Crippen LogP contribution is 2.25.